The van der Waals surface area contributed by atoms with Crippen molar-refractivity contribution in [3.05, 3.63) is 51.7 Å². The normalized spacial score (nSPS) is 11.5. The lowest BCUT2D eigenvalue weighted by molar-refractivity contribution is 0.471. The van der Waals surface area contributed by atoms with E-state index in [1.807, 2.05) is 18.2 Å². The van der Waals surface area contributed by atoms with E-state index in [2.05, 4.69) is 30.9 Å². The zero-order valence-electron chi connectivity index (χ0n) is 10.1. The van der Waals surface area contributed by atoms with Gasteiger partial charge in [0.05, 0.1) is 27.5 Å². The van der Waals surface area contributed by atoms with Crippen LogP contribution in [0.1, 0.15) is 5.56 Å². The Hall–Kier alpha value is -1.85. The Labute approximate surface area is 128 Å². The third-order valence-electron chi connectivity index (χ3n) is 2.82. The van der Waals surface area contributed by atoms with Crippen LogP contribution in [-0.2, 0) is 0 Å². The second-order valence-electron chi connectivity index (χ2n) is 4.19. The van der Waals surface area contributed by atoms with Crippen LogP contribution >= 0.6 is 27.5 Å². The quantitative estimate of drug-likeness (QED) is 0.671. The van der Waals surface area contributed by atoms with E-state index in [0.717, 1.165) is 16.7 Å². The number of aliphatic imine (C=N–C) groups is 1. The van der Waals surface area contributed by atoms with Gasteiger partial charge in [-0.2, -0.15) is 0 Å². The molecule has 3 rings (SSSR count). The van der Waals surface area contributed by atoms with Crippen molar-refractivity contribution in [3.63, 3.8) is 0 Å². The van der Waals surface area contributed by atoms with E-state index in [4.69, 9.17) is 11.6 Å². The summed E-state index contributed by atoms with van der Waals surface area (Å²) in [6.45, 7) is 0. The Kier molecular flexibility index (Phi) is 3.46. The molecule has 2 aromatic carbocycles. The minimum atomic E-state index is 0.110. The van der Waals surface area contributed by atoms with Crippen molar-refractivity contribution in [1.82, 2.24) is 9.97 Å². The molecule has 0 amide bonds. The lowest BCUT2D eigenvalue weighted by Gasteiger charge is -2.02. The first kappa shape index (κ1) is 13.1. The van der Waals surface area contributed by atoms with Gasteiger partial charge in [0.1, 0.15) is 5.75 Å². The lowest BCUT2D eigenvalue weighted by atomic mass is 10.2. The molecule has 2 N–H and O–H groups in total. The summed E-state index contributed by atoms with van der Waals surface area (Å²) in [6, 6.07) is 8.91. The first-order chi connectivity index (χ1) is 9.63. The summed E-state index contributed by atoms with van der Waals surface area (Å²) in [5.41, 5.74) is 3.10. The Morgan fingerprint density at radius 2 is 2.15 bits per heavy atom. The third kappa shape index (κ3) is 2.55. The van der Waals surface area contributed by atoms with Crippen LogP contribution in [0, 0.1) is 0 Å². The number of fused-ring (bicyclic) bond motifs is 1. The highest BCUT2D eigenvalue weighted by molar-refractivity contribution is 9.10. The number of hydrogen-bond acceptors (Lipinski definition) is 3. The fraction of sp³-hybridized carbons (Fsp3) is 0. The summed E-state index contributed by atoms with van der Waals surface area (Å²) >= 11 is 9.19. The number of hydrogen-bond donors (Lipinski definition) is 2. The van der Waals surface area contributed by atoms with Crippen LogP contribution < -0.4 is 0 Å². The number of rotatable bonds is 2. The van der Waals surface area contributed by atoms with Gasteiger partial charge in [0.15, 0.2) is 0 Å². The number of imidazole rings is 1. The minimum absolute atomic E-state index is 0.110. The molecule has 0 unspecified atom stereocenters. The van der Waals surface area contributed by atoms with Crippen molar-refractivity contribution in [3.8, 4) is 5.75 Å². The maximum absolute atomic E-state index is 9.92. The summed E-state index contributed by atoms with van der Waals surface area (Å²) in [6.07, 6.45) is 3.21. The molecule has 0 radical (unpaired) electrons. The predicted molar refractivity (Wildman–Crippen MR) is 84.2 cm³/mol. The van der Waals surface area contributed by atoms with Crippen LogP contribution in [0.3, 0.4) is 0 Å². The number of nitrogens with zero attached hydrogens (tertiary/aromatic N) is 2. The van der Waals surface area contributed by atoms with E-state index >= 15 is 0 Å². The minimum Gasteiger partial charge on any atom is -0.506 e. The van der Waals surface area contributed by atoms with Crippen molar-refractivity contribution in [1.29, 1.82) is 0 Å². The maximum atomic E-state index is 9.92. The number of halogens is 2. The van der Waals surface area contributed by atoms with Crippen molar-refractivity contribution < 1.29 is 5.11 Å². The van der Waals surface area contributed by atoms with Gasteiger partial charge in [-0.15, -0.1) is 0 Å². The number of aromatic nitrogens is 2. The monoisotopic (exact) mass is 349 g/mol. The average Bonchev–Trinajstić information content (AvgIpc) is 2.88. The van der Waals surface area contributed by atoms with Gasteiger partial charge in [-0.1, -0.05) is 11.6 Å². The second kappa shape index (κ2) is 5.26. The van der Waals surface area contributed by atoms with E-state index in [-0.39, 0.29) is 5.75 Å². The molecule has 1 heterocycles. The topological polar surface area (TPSA) is 61.3 Å². The number of aromatic amines is 1. The molecule has 0 bridgehead atoms. The molecule has 0 fully saturated rings. The largest absolute Gasteiger partial charge is 0.506 e. The number of aromatic hydroxyl groups is 1. The van der Waals surface area contributed by atoms with Gasteiger partial charge in [-0.3, -0.25) is 4.99 Å². The highest BCUT2D eigenvalue weighted by Gasteiger charge is 2.05. The molecule has 6 heteroatoms. The predicted octanol–water partition coefficient (Wildman–Crippen LogP) is 4.44. The summed E-state index contributed by atoms with van der Waals surface area (Å²) in [5.74, 6) is 0.110. The first-order valence-corrected chi connectivity index (χ1v) is 6.96. The number of H-pyrrole nitrogens is 1. The fourth-order valence-electron chi connectivity index (χ4n) is 1.83. The Bertz CT molecular complexity index is 813. The zero-order valence-corrected chi connectivity index (χ0v) is 12.5. The van der Waals surface area contributed by atoms with Crippen molar-refractivity contribution in [2.24, 2.45) is 4.99 Å². The third-order valence-corrected chi connectivity index (χ3v) is 3.64. The standard InChI is InChI=1S/C14H9BrClN3O/c15-11-4-9(16)3-8(14(11)20)6-17-10-1-2-12-13(5-10)19-7-18-12/h1-7,20H,(H,18,19)/b17-6+. The highest BCUT2D eigenvalue weighted by Crippen LogP contribution is 2.30. The van der Waals surface area contributed by atoms with E-state index in [1.54, 1.807) is 24.7 Å². The SMILES string of the molecule is Oc1c(Br)cc(Cl)cc1/C=N/c1ccc2[nH]cnc2c1. The summed E-state index contributed by atoms with van der Waals surface area (Å²) < 4.78 is 0.536. The number of nitrogens with one attached hydrogen (secondary N) is 1. The molecule has 0 saturated carbocycles. The molecule has 0 spiro atoms. The van der Waals surface area contributed by atoms with E-state index in [0.29, 0.717) is 15.1 Å². The summed E-state index contributed by atoms with van der Waals surface area (Å²) in [5, 5.41) is 10.5. The van der Waals surface area contributed by atoms with Gasteiger partial charge in [0, 0.05) is 16.8 Å². The molecular formula is C14H9BrClN3O. The first-order valence-electron chi connectivity index (χ1n) is 5.79. The van der Waals surface area contributed by atoms with Gasteiger partial charge in [-0.25, -0.2) is 4.98 Å². The maximum Gasteiger partial charge on any atom is 0.138 e. The van der Waals surface area contributed by atoms with Gasteiger partial charge in [-0.05, 0) is 46.3 Å². The molecular weight excluding hydrogens is 342 g/mol. The molecule has 4 nitrogen and oxygen atoms in total. The molecule has 0 aliphatic rings. The molecule has 100 valence electrons. The number of phenolic OH excluding ortho intramolecular Hbond substituents is 1. The molecule has 0 aliphatic carbocycles. The highest BCUT2D eigenvalue weighted by atomic mass is 79.9. The van der Waals surface area contributed by atoms with Crippen LogP contribution in [-0.4, -0.2) is 21.3 Å². The number of phenols is 1. The Morgan fingerprint density at radius 3 is 3.00 bits per heavy atom. The van der Waals surface area contributed by atoms with Gasteiger partial charge in [0.2, 0.25) is 0 Å². The average molecular weight is 351 g/mol. The molecule has 0 atom stereocenters. The molecule has 1 aromatic heterocycles. The van der Waals surface area contributed by atoms with Crippen LogP contribution in [0.25, 0.3) is 11.0 Å². The number of benzene rings is 2. The zero-order chi connectivity index (χ0) is 14.1. The summed E-state index contributed by atoms with van der Waals surface area (Å²) in [7, 11) is 0. The fourth-order valence-corrected chi connectivity index (χ4v) is 2.66. The lowest BCUT2D eigenvalue weighted by Crippen LogP contribution is -1.84. The Morgan fingerprint density at radius 1 is 1.30 bits per heavy atom. The van der Waals surface area contributed by atoms with Crippen LogP contribution in [0.2, 0.25) is 5.02 Å². The van der Waals surface area contributed by atoms with Gasteiger partial charge >= 0.3 is 0 Å². The van der Waals surface area contributed by atoms with Gasteiger partial charge in [0.25, 0.3) is 0 Å². The molecule has 20 heavy (non-hydrogen) atoms. The summed E-state index contributed by atoms with van der Waals surface area (Å²) in [4.78, 5) is 11.5. The van der Waals surface area contributed by atoms with Crippen molar-refractivity contribution >= 4 is 50.5 Å². The van der Waals surface area contributed by atoms with Crippen LogP contribution in [0.5, 0.6) is 5.75 Å². The molecule has 0 saturated heterocycles. The van der Waals surface area contributed by atoms with E-state index in [9.17, 15) is 5.11 Å². The molecule has 0 aliphatic heterocycles. The van der Waals surface area contributed by atoms with E-state index in [1.165, 1.54) is 0 Å². The van der Waals surface area contributed by atoms with Crippen molar-refractivity contribution in [2.45, 2.75) is 0 Å². The van der Waals surface area contributed by atoms with Crippen LogP contribution in [0.15, 0.2) is 46.1 Å². The van der Waals surface area contributed by atoms with E-state index < -0.39 is 0 Å². The Balaban J connectivity index is 1.97. The van der Waals surface area contributed by atoms with Gasteiger partial charge < -0.3 is 10.1 Å². The van der Waals surface area contributed by atoms with Crippen LogP contribution in [0.4, 0.5) is 5.69 Å². The smallest absolute Gasteiger partial charge is 0.138 e. The van der Waals surface area contributed by atoms with Crippen molar-refractivity contribution in [2.75, 3.05) is 0 Å². The molecule has 3 aromatic rings. The second-order valence-corrected chi connectivity index (χ2v) is 5.48.